The molecule has 2 aliphatic carbocycles. The number of nitrogens with two attached hydrogens (primary N) is 1. The second-order valence-corrected chi connectivity index (χ2v) is 23.3. The van der Waals surface area contributed by atoms with Crippen LogP contribution in [-0.2, 0) is 9.47 Å². The molecule has 0 spiro atoms. The van der Waals surface area contributed by atoms with Crippen LogP contribution in [0.3, 0.4) is 0 Å². The molecule has 12 rings (SSSR count). The van der Waals surface area contributed by atoms with Crippen molar-refractivity contribution in [1.29, 1.82) is 0 Å². The molecule has 8 aromatic rings. The number of anilines is 5. The second-order valence-electron chi connectivity index (χ2n) is 21.4. The summed E-state index contributed by atoms with van der Waals surface area (Å²) >= 11 is 8.96. The number of halogens is 1. The van der Waals surface area contributed by atoms with Crippen LogP contribution >= 0.6 is 34.7 Å². The molecule has 10 heterocycles. The maximum atomic E-state index is 12.3. The van der Waals surface area contributed by atoms with Gasteiger partial charge in [0.2, 0.25) is 11.2 Å². The number of nitrogens with one attached hydrogen (secondary N) is 1. The Morgan fingerprint density at radius 1 is 0.600 bits per heavy atom. The molecule has 396 valence electrons. The predicted molar refractivity (Wildman–Crippen MR) is 298 cm³/mol. The summed E-state index contributed by atoms with van der Waals surface area (Å²) in [7, 11) is 0. The van der Waals surface area contributed by atoms with Gasteiger partial charge in [-0.25, -0.2) is 29.5 Å². The Hall–Kier alpha value is -6.65. The standard InChI is InChI=1S/C26H32N8O2S.C14H22N4O2.C12H11ClN4S/c1-26(2,3)36-25(35)33-12-10-32(11-13-33)18-8-9-21(27-14-18)30-24-28-15-19-22-20(16-29-37-22)34(23(19)31-24)17-6-4-5-7-17;1-14(2,3)20-13(19)18-8-6-17(7-9-18)11-4-5-12(15)16-10-11;13-12-14-5-8-10-9(6-15-18-10)17(11(8)16-12)7-3-1-2-4-7/h8-9,14-17H,4-7,10-13H2,1-3H3,(H,27,28,30,31);4-5,10H,6-9H2,1-3H3,(H2,15,16);5-7H,1-4H2. The lowest BCUT2D eigenvalue weighted by atomic mass is 10.2. The highest BCUT2D eigenvalue weighted by Gasteiger charge is 2.29. The lowest BCUT2D eigenvalue weighted by molar-refractivity contribution is 0.0230. The predicted octanol–water partition coefficient (Wildman–Crippen LogP) is 10.9. The molecule has 75 heavy (non-hydrogen) atoms. The summed E-state index contributed by atoms with van der Waals surface area (Å²) < 4.78 is 26.6. The molecule has 23 heteroatoms. The fourth-order valence-corrected chi connectivity index (χ4v) is 11.9. The summed E-state index contributed by atoms with van der Waals surface area (Å²) in [4.78, 5) is 58.9. The largest absolute Gasteiger partial charge is 0.444 e. The van der Waals surface area contributed by atoms with Crippen molar-refractivity contribution in [3.8, 4) is 0 Å². The first-order valence-electron chi connectivity index (χ1n) is 25.8. The number of rotatable bonds is 6. The van der Waals surface area contributed by atoms with Gasteiger partial charge in [0.25, 0.3) is 0 Å². The minimum absolute atomic E-state index is 0.243. The van der Waals surface area contributed by atoms with Crippen LogP contribution in [0.2, 0.25) is 5.28 Å². The molecule has 2 saturated heterocycles. The van der Waals surface area contributed by atoms with E-state index in [2.05, 4.69) is 57.9 Å². The van der Waals surface area contributed by atoms with E-state index in [0.717, 1.165) is 69.8 Å². The van der Waals surface area contributed by atoms with Crippen LogP contribution in [0.25, 0.3) is 42.5 Å². The number of amides is 2. The van der Waals surface area contributed by atoms with Crippen molar-refractivity contribution in [1.82, 2.24) is 57.6 Å². The number of ether oxygens (including phenoxy) is 2. The van der Waals surface area contributed by atoms with E-state index >= 15 is 0 Å². The third-order valence-corrected chi connectivity index (χ3v) is 15.6. The van der Waals surface area contributed by atoms with Gasteiger partial charge in [-0.05, 0) is 126 Å². The highest BCUT2D eigenvalue weighted by atomic mass is 35.5. The fourth-order valence-electron chi connectivity index (χ4n) is 10.2. The number of carbonyl (C=O) groups is 2. The third-order valence-electron chi connectivity index (χ3n) is 13.8. The van der Waals surface area contributed by atoms with E-state index in [-0.39, 0.29) is 12.2 Å². The lowest BCUT2D eigenvalue weighted by Crippen LogP contribution is -2.50. The number of carbonyl (C=O) groups excluding carboxylic acids is 2. The van der Waals surface area contributed by atoms with E-state index in [1.807, 2.05) is 90.7 Å². The van der Waals surface area contributed by atoms with Gasteiger partial charge in [0.05, 0.1) is 67.4 Å². The Bertz CT molecular complexity index is 3250. The number of fused-ring (bicyclic) bond motifs is 6. The van der Waals surface area contributed by atoms with E-state index in [1.54, 1.807) is 22.1 Å². The molecule has 0 aromatic carbocycles. The van der Waals surface area contributed by atoms with E-state index in [4.69, 9.17) is 31.8 Å². The van der Waals surface area contributed by atoms with Crippen LogP contribution in [0.5, 0.6) is 0 Å². The SMILES string of the molecule is CC(C)(C)OC(=O)N1CCN(c2ccc(N)nc2)CC1.CC(C)(C)OC(=O)N1CCN(c2ccc(Nc3ncc4c5sncc5n(C5CCCC5)c4n3)nc2)CC1.Clc1ncc2c3sncc3n(C3CCCC3)c2n1. The Morgan fingerprint density at radius 2 is 1.07 bits per heavy atom. The van der Waals surface area contributed by atoms with E-state index in [1.165, 1.54) is 84.6 Å². The quantitative estimate of drug-likeness (QED) is 0.148. The molecular weight excluding hydrogens is 1010 g/mol. The molecule has 0 unspecified atom stereocenters. The summed E-state index contributed by atoms with van der Waals surface area (Å²) in [5.41, 5.74) is 11.0. The zero-order valence-corrected chi connectivity index (χ0v) is 45.8. The van der Waals surface area contributed by atoms with E-state index < -0.39 is 11.2 Å². The first-order chi connectivity index (χ1) is 36.0. The van der Waals surface area contributed by atoms with Crippen LogP contribution in [0.15, 0.2) is 61.4 Å². The zero-order valence-electron chi connectivity index (χ0n) is 43.4. The second kappa shape index (κ2) is 21.9. The van der Waals surface area contributed by atoms with Gasteiger partial charge in [-0.1, -0.05) is 25.7 Å². The number of nitrogen functional groups attached to an aromatic ring is 1. The highest BCUT2D eigenvalue weighted by molar-refractivity contribution is 7.14. The molecule has 2 aliphatic heterocycles. The summed E-state index contributed by atoms with van der Waals surface area (Å²) in [6.45, 7) is 16.8. The van der Waals surface area contributed by atoms with E-state index in [0.29, 0.717) is 61.1 Å². The van der Waals surface area contributed by atoms with Gasteiger partial charge in [-0.2, -0.15) is 18.7 Å². The Morgan fingerprint density at radius 3 is 1.52 bits per heavy atom. The monoisotopic (exact) mass is 1080 g/mol. The van der Waals surface area contributed by atoms with Crippen molar-refractivity contribution in [2.45, 2.75) is 116 Å². The molecule has 3 N–H and O–H groups in total. The topological polar surface area (TPSA) is 217 Å². The normalized spacial score (nSPS) is 16.9. The van der Waals surface area contributed by atoms with Crippen molar-refractivity contribution < 1.29 is 19.1 Å². The molecule has 0 bridgehead atoms. The van der Waals surface area contributed by atoms with Crippen LogP contribution in [0.1, 0.15) is 105 Å². The molecule has 0 atom stereocenters. The van der Waals surface area contributed by atoms with Gasteiger partial charge in [-0.15, -0.1) is 0 Å². The van der Waals surface area contributed by atoms with Gasteiger partial charge >= 0.3 is 12.2 Å². The summed E-state index contributed by atoms with van der Waals surface area (Å²) in [6.07, 6.45) is 20.6. The first-order valence-corrected chi connectivity index (χ1v) is 27.8. The minimum Gasteiger partial charge on any atom is -0.444 e. The first kappa shape index (κ1) is 51.8. The number of hydrogen-bond donors (Lipinski definition) is 2. The van der Waals surface area contributed by atoms with Crippen LogP contribution in [0, 0.1) is 0 Å². The molecule has 8 aromatic heterocycles. The fraction of sp³-hybridized carbons (Fsp3) is 0.500. The smallest absolute Gasteiger partial charge is 0.410 e. The summed E-state index contributed by atoms with van der Waals surface area (Å²) in [6, 6.07) is 8.72. The molecule has 4 fully saturated rings. The van der Waals surface area contributed by atoms with Gasteiger partial charge in [0.1, 0.15) is 34.1 Å². The van der Waals surface area contributed by atoms with Gasteiger partial charge in [0.15, 0.2) is 0 Å². The lowest BCUT2D eigenvalue weighted by Gasteiger charge is -2.36. The summed E-state index contributed by atoms with van der Waals surface area (Å²) in [5.74, 6) is 1.75. The maximum Gasteiger partial charge on any atom is 0.410 e. The number of pyridine rings is 2. The van der Waals surface area contributed by atoms with Crippen molar-refractivity contribution in [2.24, 2.45) is 0 Å². The number of piperazine rings is 2. The van der Waals surface area contributed by atoms with Crippen molar-refractivity contribution in [3.63, 3.8) is 0 Å². The maximum absolute atomic E-state index is 12.3. The summed E-state index contributed by atoms with van der Waals surface area (Å²) in [5, 5.41) is 5.73. The van der Waals surface area contributed by atoms with Gasteiger partial charge < -0.3 is 49.3 Å². The number of hydrogen-bond acceptors (Lipinski definition) is 18. The molecule has 0 radical (unpaired) electrons. The average molecular weight is 1080 g/mol. The van der Waals surface area contributed by atoms with Crippen LogP contribution in [0.4, 0.5) is 38.5 Å². The minimum atomic E-state index is -0.484. The Kier molecular flexibility index (Phi) is 15.1. The van der Waals surface area contributed by atoms with Crippen LogP contribution < -0.4 is 20.9 Å². The molecule has 20 nitrogen and oxygen atoms in total. The zero-order chi connectivity index (χ0) is 52.4. The van der Waals surface area contributed by atoms with Crippen molar-refractivity contribution in [2.75, 3.05) is 73.2 Å². The highest BCUT2D eigenvalue weighted by Crippen LogP contribution is 2.41. The third kappa shape index (κ3) is 11.9. The molecular formula is C52H65ClN16O4S2. The number of aromatic nitrogens is 10. The average Bonchev–Trinajstić information content (AvgIpc) is 4.28. The molecule has 2 saturated carbocycles. The Balaban J connectivity index is 0.000000142. The Labute approximate surface area is 448 Å². The van der Waals surface area contributed by atoms with E-state index in [9.17, 15) is 9.59 Å². The molecule has 4 aliphatic rings. The van der Waals surface area contributed by atoms with Crippen LogP contribution in [-0.4, -0.2) is 133 Å². The van der Waals surface area contributed by atoms with Gasteiger partial charge in [-0.3, -0.25) is 0 Å². The van der Waals surface area contributed by atoms with Gasteiger partial charge in [0, 0.05) is 76.8 Å². The van der Waals surface area contributed by atoms with Crippen molar-refractivity contribution >= 4 is 118 Å². The molecule has 2 amide bonds. The number of nitrogens with zero attached hydrogens (tertiary/aromatic N) is 14. The van der Waals surface area contributed by atoms with Crippen molar-refractivity contribution in [3.05, 3.63) is 66.7 Å².